The zero-order valence-corrected chi connectivity index (χ0v) is 17.9. The number of hydrogen-bond acceptors (Lipinski definition) is 4. The highest BCUT2D eigenvalue weighted by atomic mass is 35.5. The number of benzene rings is 2. The van der Waals surface area contributed by atoms with Crippen LogP contribution in [0.5, 0.6) is 5.75 Å². The Morgan fingerprint density at radius 1 is 1.03 bits per heavy atom. The maximum absolute atomic E-state index is 11.9. The molecule has 0 radical (unpaired) electrons. The average Bonchev–Trinajstić information content (AvgIpc) is 2.70. The number of nitrogens with one attached hydrogen (secondary N) is 3. The molecule has 29 heavy (non-hydrogen) atoms. The summed E-state index contributed by atoms with van der Waals surface area (Å²) in [6.45, 7) is 4.03. The molecule has 8 heteroatoms. The second-order valence-corrected chi connectivity index (χ2v) is 7.47. The summed E-state index contributed by atoms with van der Waals surface area (Å²) >= 11 is 11.1. The van der Waals surface area contributed by atoms with E-state index in [1.807, 2.05) is 42.5 Å². The van der Waals surface area contributed by atoms with Crippen LogP contribution in [0.1, 0.15) is 37.3 Å². The minimum absolute atomic E-state index is 0.00351. The number of amides is 2. The molecule has 2 aromatic rings. The van der Waals surface area contributed by atoms with Crippen LogP contribution in [0.3, 0.4) is 0 Å². The van der Waals surface area contributed by atoms with Gasteiger partial charge in [0.2, 0.25) is 5.91 Å². The smallest absolute Gasteiger partial charge is 0.276 e. The Balaban J connectivity index is 1.65. The molecule has 0 aliphatic rings. The van der Waals surface area contributed by atoms with Crippen molar-refractivity contribution in [2.24, 2.45) is 0 Å². The number of aryl methyl sites for hydroxylation is 1. The largest absolute Gasteiger partial charge is 0.484 e. The first-order valence-electron chi connectivity index (χ1n) is 9.20. The zero-order valence-electron chi connectivity index (χ0n) is 16.3. The third kappa shape index (κ3) is 8.09. The van der Waals surface area contributed by atoms with E-state index in [9.17, 15) is 9.59 Å². The molecule has 3 N–H and O–H groups in total. The SMILES string of the molecule is CC(C)c1ccc(OCC(=O)NNC(=S)NC(=O)CCc2ccccc2Cl)cc1. The summed E-state index contributed by atoms with van der Waals surface area (Å²) in [7, 11) is 0. The lowest BCUT2D eigenvalue weighted by Crippen LogP contribution is -2.49. The molecule has 0 aromatic heterocycles. The van der Waals surface area contributed by atoms with Gasteiger partial charge in [-0.15, -0.1) is 0 Å². The van der Waals surface area contributed by atoms with Gasteiger partial charge < -0.3 is 10.1 Å². The lowest BCUT2D eigenvalue weighted by molar-refractivity contribution is -0.124. The van der Waals surface area contributed by atoms with E-state index >= 15 is 0 Å². The van der Waals surface area contributed by atoms with Gasteiger partial charge in [0.25, 0.3) is 5.91 Å². The van der Waals surface area contributed by atoms with E-state index in [0.717, 1.165) is 5.56 Å². The van der Waals surface area contributed by atoms with E-state index in [1.54, 1.807) is 6.07 Å². The average molecular weight is 434 g/mol. The van der Waals surface area contributed by atoms with E-state index < -0.39 is 5.91 Å². The Labute approximate surface area is 180 Å². The molecule has 2 rings (SSSR count). The van der Waals surface area contributed by atoms with Gasteiger partial charge in [-0.25, -0.2) is 0 Å². The third-order valence-electron chi connectivity index (χ3n) is 4.06. The molecule has 0 saturated carbocycles. The van der Waals surface area contributed by atoms with Crippen LogP contribution < -0.4 is 20.9 Å². The molecule has 2 amide bonds. The Kier molecular flexibility index (Phi) is 8.89. The van der Waals surface area contributed by atoms with Gasteiger partial charge in [-0.05, 0) is 53.9 Å². The molecule has 0 atom stereocenters. The molecule has 6 nitrogen and oxygen atoms in total. The standard InChI is InChI=1S/C21H24ClN3O3S/c1-14(2)15-7-10-17(11-8-15)28-13-20(27)24-25-21(29)23-19(26)12-9-16-5-3-4-6-18(16)22/h3-8,10-11,14H,9,12-13H2,1-2H3,(H,24,27)(H2,23,25,26,29). The van der Waals surface area contributed by atoms with E-state index in [2.05, 4.69) is 30.0 Å². The van der Waals surface area contributed by atoms with Crippen molar-refractivity contribution in [3.63, 3.8) is 0 Å². The summed E-state index contributed by atoms with van der Waals surface area (Å²) in [5, 5.41) is 3.12. The molecule has 0 heterocycles. The van der Waals surface area contributed by atoms with E-state index in [0.29, 0.717) is 23.1 Å². The minimum atomic E-state index is -0.425. The van der Waals surface area contributed by atoms with E-state index in [4.69, 9.17) is 28.6 Å². The molecule has 2 aromatic carbocycles. The fourth-order valence-electron chi connectivity index (χ4n) is 2.43. The normalized spacial score (nSPS) is 10.3. The Morgan fingerprint density at radius 2 is 1.72 bits per heavy atom. The number of carbonyl (C=O) groups excluding carboxylic acids is 2. The second kappa shape index (κ2) is 11.4. The molecule has 0 unspecified atom stereocenters. The summed E-state index contributed by atoms with van der Waals surface area (Å²) in [6.07, 6.45) is 0.707. The minimum Gasteiger partial charge on any atom is -0.484 e. The molecule has 0 aliphatic carbocycles. The molecule has 0 fully saturated rings. The monoisotopic (exact) mass is 433 g/mol. The van der Waals surface area contributed by atoms with Crippen molar-refractivity contribution in [3.05, 3.63) is 64.7 Å². The van der Waals surface area contributed by atoms with Gasteiger partial charge in [0.1, 0.15) is 5.75 Å². The molecule has 0 spiro atoms. The quantitative estimate of drug-likeness (QED) is 0.460. The summed E-state index contributed by atoms with van der Waals surface area (Å²) in [4.78, 5) is 23.8. The number of carbonyl (C=O) groups is 2. The zero-order chi connectivity index (χ0) is 21.2. The van der Waals surface area contributed by atoms with Crippen molar-refractivity contribution in [2.45, 2.75) is 32.6 Å². The summed E-state index contributed by atoms with van der Waals surface area (Å²) in [5.41, 5.74) is 6.93. The molecule has 0 aliphatic heterocycles. The first kappa shape index (κ1) is 22.6. The fraction of sp³-hybridized carbons (Fsp3) is 0.286. The van der Waals surface area contributed by atoms with Crippen LogP contribution in [0.25, 0.3) is 0 Å². The fourth-order valence-corrected chi connectivity index (χ4v) is 2.83. The van der Waals surface area contributed by atoms with Crippen molar-refractivity contribution in [1.29, 1.82) is 0 Å². The maximum atomic E-state index is 11.9. The summed E-state index contributed by atoms with van der Waals surface area (Å²) in [6, 6.07) is 14.9. The molecular weight excluding hydrogens is 410 g/mol. The highest BCUT2D eigenvalue weighted by molar-refractivity contribution is 7.80. The van der Waals surface area contributed by atoms with Crippen LogP contribution in [0.2, 0.25) is 5.02 Å². The second-order valence-electron chi connectivity index (χ2n) is 6.65. The summed E-state index contributed by atoms with van der Waals surface area (Å²) in [5.74, 6) is 0.321. The van der Waals surface area contributed by atoms with Crippen LogP contribution in [0.4, 0.5) is 0 Å². The maximum Gasteiger partial charge on any atom is 0.276 e. The predicted octanol–water partition coefficient (Wildman–Crippen LogP) is 3.50. The number of hydrogen-bond donors (Lipinski definition) is 3. The Morgan fingerprint density at radius 3 is 2.38 bits per heavy atom. The van der Waals surface area contributed by atoms with Crippen molar-refractivity contribution >= 4 is 40.7 Å². The van der Waals surface area contributed by atoms with E-state index in [1.165, 1.54) is 5.56 Å². The number of thiocarbonyl (C=S) groups is 1. The highest BCUT2D eigenvalue weighted by Gasteiger charge is 2.08. The van der Waals surface area contributed by atoms with Crippen molar-refractivity contribution in [2.75, 3.05) is 6.61 Å². The van der Waals surface area contributed by atoms with Gasteiger partial charge in [-0.1, -0.05) is 55.8 Å². The number of ether oxygens (including phenoxy) is 1. The van der Waals surface area contributed by atoms with Gasteiger partial charge in [0.15, 0.2) is 11.7 Å². The number of rotatable bonds is 7. The number of halogens is 1. The topological polar surface area (TPSA) is 79.5 Å². The number of hydrazine groups is 1. The lowest BCUT2D eigenvalue weighted by atomic mass is 10.0. The Bertz CT molecular complexity index is 857. The Hall–Kier alpha value is -2.64. The van der Waals surface area contributed by atoms with Crippen molar-refractivity contribution in [3.8, 4) is 5.75 Å². The van der Waals surface area contributed by atoms with Crippen LogP contribution in [0, 0.1) is 0 Å². The molecule has 0 bridgehead atoms. The predicted molar refractivity (Wildman–Crippen MR) is 118 cm³/mol. The van der Waals surface area contributed by atoms with Crippen LogP contribution in [0.15, 0.2) is 48.5 Å². The molecule has 0 saturated heterocycles. The highest BCUT2D eigenvalue weighted by Crippen LogP contribution is 2.18. The van der Waals surface area contributed by atoms with Gasteiger partial charge in [-0.2, -0.15) is 0 Å². The van der Waals surface area contributed by atoms with Crippen molar-refractivity contribution < 1.29 is 14.3 Å². The first-order valence-corrected chi connectivity index (χ1v) is 9.98. The third-order valence-corrected chi connectivity index (χ3v) is 4.64. The van der Waals surface area contributed by atoms with Gasteiger partial charge >= 0.3 is 0 Å². The molecule has 154 valence electrons. The first-order chi connectivity index (χ1) is 13.8. The summed E-state index contributed by atoms with van der Waals surface area (Å²) < 4.78 is 5.42. The van der Waals surface area contributed by atoms with Crippen molar-refractivity contribution in [1.82, 2.24) is 16.2 Å². The molecular formula is C21H24ClN3O3S. The van der Waals surface area contributed by atoms with Crippen LogP contribution in [-0.2, 0) is 16.0 Å². The van der Waals surface area contributed by atoms with Gasteiger partial charge in [-0.3, -0.25) is 20.4 Å². The van der Waals surface area contributed by atoms with Crippen LogP contribution >= 0.6 is 23.8 Å². The van der Waals surface area contributed by atoms with Crippen LogP contribution in [-0.4, -0.2) is 23.5 Å². The van der Waals surface area contributed by atoms with E-state index in [-0.39, 0.29) is 24.0 Å². The van der Waals surface area contributed by atoms with Gasteiger partial charge in [0.05, 0.1) is 0 Å². The van der Waals surface area contributed by atoms with Gasteiger partial charge in [0, 0.05) is 11.4 Å². The lowest BCUT2D eigenvalue weighted by Gasteiger charge is -2.12.